The maximum atomic E-state index is 5.85. The molecular formula is C15H23N3O. The van der Waals surface area contributed by atoms with Crippen molar-refractivity contribution in [1.82, 2.24) is 5.32 Å². The molecule has 1 fully saturated rings. The first kappa shape index (κ1) is 13.9. The van der Waals surface area contributed by atoms with Crippen LogP contribution < -0.4 is 11.1 Å². The fourth-order valence-electron chi connectivity index (χ4n) is 2.41. The van der Waals surface area contributed by atoms with Crippen molar-refractivity contribution in [3.63, 3.8) is 0 Å². The van der Waals surface area contributed by atoms with Crippen LogP contribution in [0, 0.1) is 6.92 Å². The highest BCUT2D eigenvalue weighted by molar-refractivity contribution is 5.77. The topological polar surface area (TPSA) is 59.6 Å². The van der Waals surface area contributed by atoms with E-state index in [1.54, 1.807) is 7.11 Å². The van der Waals surface area contributed by atoms with Gasteiger partial charge in [0.05, 0.1) is 13.2 Å². The molecule has 3 N–H and O–H groups in total. The van der Waals surface area contributed by atoms with E-state index in [2.05, 4.69) is 41.5 Å². The summed E-state index contributed by atoms with van der Waals surface area (Å²) in [6.07, 6.45) is 2.40. The third-order valence-electron chi connectivity index (χ3n) is 3.73. The third kappa shape index (κ3) is 3.47. The van der Waals surface area contributed by atoms with Gasteiger partial charge < -0.3 is 15.8 Å². The summed E-state index contributed by atoms with van der Waals surface area (Å²) in [4.78, 5) is 4.48. The molecule has 1 saturated carbocycles. The highest BCUT2D eigenvalue weighted by Gasteiger charge is 2.44. The highest BCUT2D eigenvalue weighted by Crippen LogP contribution is 2.49. The van der Waals surface area contributed by atoms with Crippen LogP contribution in [-0.4, -0.2) is 32.8 Å². The van der Waals surface area contributed by atoms with E-state index < -0.39 is 0 Å². The van der Waals surface area contributed by atoms with Crippen LogP contribution in [0.5, 0.6) is 0 Å². The van der Waals surface area contributed by atoms with Gasteiger partial charge in [0, 0.05) is 19.1 Å². The molecule has 0 atom stereocenters. The summed E-state index contributed by atoms with van der Waals surface area (Å²) < 4.78 is 4.96. The van der Waals surface area contributed by atoms with E-state index >= 15 is 0 Å². The summed E-state index contributed by atoms with van der Waals surface area (Å²) in [5.41, 5.74) is 8.84. The van der Waals surface area contributed by atoms with Gasteiger partial charge in [0.2, 0.25) is 0 Å². The van der Waals surface area contributed by atoms with Gasteiger partial charge in [-0.25, -0.2) is 0 Å². The zero-order valence-electron chi connectivity index (χ0n) is 11.8. The van der Waals surface area contributed by atoms with Crippen LogP contribution in [0.2, 0.25) is 0 Å². The molecule has 0 aromatic heterocycles. The second-order valence-electron chi connectivity index (χ2n) is 5.22. The Labute approximate surface area is 115 Å². The van der Waals surface area contributed by atoms with Gasteiger partial charge in [-0.3, -0.25) is 4.99 Å². The van der Waals surface area contributed by atoms with Crippen molar-refractivity contribution >= 4 is 5.96 Å². The first-order chi connectivity index (χ1) is 9.18. The predicted molar refractivity (Wildman–Crippen MR) is 78.5 cm³/mol. The Morgan fingerprint density at radius 2 is 2.16 bits per heavy atom. The number of methoxy groups -OCH3 is 1. The molecule has 0 saturated heterocycles. The van der Waals surface area contributed by atoms with Crippen LogP contribution in [0.25, 0.3) is 0 Å². The molecular weight excluding hydrogens is 238 g/mol. The van der Waals surface area contributed by atoms with Gasteiger partial charge in [-0.05, 0) is 30.9 Å². The van der Waals surface area contributed by atoms with Gasteiger partial charge in [0.25, 0.3) is 0 Å². The number of aryl methyl sites for hydroxylation is 1. The predicted octanol–water partition coefficient (Wildman–Crippen LogP) is 1.58. The average molecular weight is 261 g/mol. The molecule has 0 bridgehead atoms. The van der Waals surface area contributed by atoms with Crippen molar-refractivity contribution < 1.29 is 4.74 Å². The number of benzene rings is 1. The SMILES string of the molecule is COCCNC(N)=NCC1(c2ccccc2C)CC1. The van der Waals surface area contributed by atoms with Gasteiger partial charge in [-0.1, -0.05) is 24.3 Å². The summed E-state index contributed by atoms with van der Waals surface area (Å²) in [7, 11) is 1.67. The molecule has 2 rings (SSSR count). The Bertz CT molecular complexity index is 452. The van der Waals surface area contributed by atoms with Gasteiger partial charge in [-0.15, -0.1) is 0 Å². The second kappa shape index (κ2) is 6.06. The second-order valence-corrected chi connectivity index (χ2v) is 5.22. The average Bonchev–Trinajstić information content (AvgIpc) is 3.18. The maximum absolute atomic E-state index is 5.85. The van der Waals surface area contributed by atoms with Crippen LogP contribution >= 0.6 is 0 Å². The van der Waals surface area contributed by atoms with E-state index in [4.69, 9.17) is 10.5 Å². The Morgan fingerprint density at radius 1 is 1.42 bits per heavy atom. The number of aliphatic imine (C=N–C) groups is 1. The number of nitrogens with zero attached hydrogens (tertiary/aromatic N) is 1. The zero-order chi connectivity index (χ0) is 13.7. The number of hydrogen-bond acceptors (Lipinski definition) is 2. The molecule has 0 heterocycles. The first-order valence-corrected chi connectivity index (χ1v) is 6.77. The largest absolute Gasteiger partial charge is 0.383 e. The maximum Gasteiger partial charge on any atom is 0.188 e. The van der Waals surface area contributed by atoms with Crippen molar-refractivity contribution in [1.29, 1.82) is 0 Å². The van der Waals surface area contributed by atoms with Crippen molar-refractivity contribution in [2.75, 3.05) is 26.8 Å². The lowest BCUT2D eigenvalue weighted by atomic mass is 9.92. The molecule has 4 nitrogen and oxygen atoms in total. The Hall–Kier alpha value is -1.55. The minimum Gasteiger partial charge on any atom is -0.383 e. The normalized spacial score (nSPS) is 17.3. The van der Waals surface area contributed by atoms with Gasteiger partial charge in [0.15, 0.2) is 5.96 Å². The molecule has 1 aromatic rings. The summed E-state index contributed by atoms with van der Waals surface area (Å²) in [5, 5.41) is 3.05. The molecule has 0 spiro atoms. The summed E-state index contributed by atoms with van der Waals surface area (Å²) >= 11 is 0. The number of hydrogen-bond donors (Lipinski definition) is 2. The standard InChI is InChI=1S/C15H23N3O/c1-12-5-3-4-6-13(12)15(7-8-15)11-18-14(16)17-9-10-19-2/h3-6H,7-11H2,1-2H3,(H3,16,17,18). The minimum absolute atomic E-state index is 0.221. The zero-order valence-corrected chi connectivity index (χ0v) is 11.8. The van der Waals surface area contributed by atoms with E-state index in [0.29, 0.717) is 19.1 Å². The summed E-state index contributed by atoms with van der Waals surface area (Å²) in [6.45, 7) is 4.27. The van der Waals surface area contributed by atoms with Crippen LogP contribution in [0.4, 0.5) is 0 Å². The van der Waals surface area contributed by atoms with Crippen molar-refractivity contribution in [2.24, 2.45) is 10.7 Å². The van der Waals surface area contributed by atoms with E-state index in [0.717, 1.165) is 6.54 Å². The number of nitrogens with two attached hydrogens (primary N) is 1. The van der Waals surface area contributed by atoms with E-state index in [-0.39, 0.29) is 5.41 Å². The van der Waals surface area contributed by atoms with Gasteiger partial charge in [0.1, 0.15) is 0 Å². The number of guanidine groups is 1. The van der Waals surface area contributed by atoms with E-state index in [1.807, 2.05) is 0 Å². The molecule has 104 valence electrons. The lowest BCUT2D eigenvalue weighted by molar-refractivity contribution is 0.204. The van der Waals surface area contributed by atoms with Crippen LogP contribution in [-0.2, 0) is 10.2 Å². The Balaban J connectivity index is 1.95. The van der Waals surface area contributed by atoms with E-state index in [1.165, 1.54) is 24.0 Å². The molecule has 0 unspecified atom stereocenters. The molecule has 4 heteroatoms. The fourth-order valence-corrected chi connectivity index (χ4v) is 2.41. The lowest BCUT2D eigenvalue weighted by Crippen LogP contribution is -2.34. The smallest absolute Gasteiger partial charge is 0.188 e. The number of nitrogens with one attached hydrogen (secondary N) is 1. The van der Waals surface area contributed by atoms with Crippen molar-refractivity contribution in [2.45, 2.75) is 25.2 Å². The monoisotopic (exact) mass is 261 g/mol. The third-order valence-corrected chi connectivity index (χ3v) is 3.73. The number of rotatable bonds is 6. The molecule has 0 radical (unpaired) electrons. The fraction of sp³-hybridized carbons (Fsp3) is 0.533. The Kier molecular flexibility index (Phi) is 4.43. The Morgan fingerprint density at radius 3 is 2.79 bits per heavy atom. The van der Waals surface area contributed by atoms with Gasteiger partial charge >= 0.3 is 0 Å². The molecule has 1 aliphatic rings. The molecule has 19 heavy (non-hydrogen) atoms. The summed E-state index contributed by atoms with van der Waals surface area (Å²) in [5.74, 6) is 0.511. The molecule has 1 aliphatic carbocycles. The van der Waals surface area contributed by atoms with Crippen molar-refractivity contribution in [3.8, 4) is 0 Å². The van der Waals surface area contributed by atoms with E-state index in [9.17, 15) is 0 Å². The lowest BCUT2D eigenvalue weighted by Gasteiger charge is -2.16. The highest BCUT2D eigenvalue weighted by atomic mass is 16.5. The number of ether oxygens (including phenoxy) is 1. The quantitative estimate of drug-likeness (QED) is 0.464. The first-order valence-electron chi connectivity index (χ1n) is 6.77. The molecule has 1 aromatic carbocycles. The van der Waals surface area contributed by atoms with Crippen LogP contribution in [0.15, 0.2) is 29.3 Å². The molecule has 0 amide bonds. The van der Waals surface area contributed by atoms with Gasteiger partial charge in [-0.2, -0.15) is 0 Å². The van der Waals surface area contributed by atoms with Crippen LogP contribution in [0.3, 0.4) is 0 Å². The van der Waals surface area contributed by atoms with Crippen molar-refractivity contribution in [3.05, 3.63) is 35.4 Å². The molecule has 0 aliphatic heterocycles. The summed E-state index contributed by atoms with van der Waals surface area (Å²) in [6, 6.07) is 8.57. The van der Waals surface area contributed by atoms with Crippen LogP contribution in [0.1, 0.15) is 24.0 Å². The minimum atomic E-state index is 0.221.